The van der Waals surface area contributed by atoms with E-state index >= 15 is 8.78 Å². The van der Waals surface area contributed by atoms with E-state index < -0.39 is 52.2 Å². The Morgan fingerprint density at radius 1 is 1.18 bits per heavy atom. The molecule has 1 saturated heterocycles. The standard InChI is InChI=1S/C25H32F2O6/c1-13-8-15-16-10-18(26)17-9-14(28)6-7-21(17,2)24(16,27)19(29)11-22(15,3)25(13)20(30)12-32-23(4,31-5)33-25/h6-7,9,13,15-16,18-19,29H,8,10-12H2,1-5H3/t13-,15-,16-,18-,19-,21-,22-,23?,24-,25-/m0/s1. The second kappa shape index (κ2) is 6.80. The van der Waals surface area contributed by atoms with Crippen LogP contribution < -0.4 is 0 Å². The number of aliphatic hydroxyl groups excluding tert-OH is 1. The first-order chi connectivity index (χ1) is 15.3. The third-order valence-electron chi connectivity index (χ3n) is 9.77. The number of alkyl halides is 2. The molecule has 0 radical (unpaired) electrons. The van der Waals surface area contributed by atoms with Crippen molar-refractivity contribution in [3.05, 3.63) is 23.8 Å². The monoisotopic (exact) mass is 466 g/mol. The topological polar surface area (TPSA) is 82.1 Å². The van der Waals surface area contributed by atoms with Gasteiger partial charge in [0.1, 0.15) is 18.4 Å². The summed E-state index contributed by atoms with van der Waals surface area (Å²) < 4.78 is 50.0. The van der Waals surface area contributed by atoms with Gasteiger partial charge in [-0.05, 0) is 55.7 Å². The second-order valence-electron chi connectivity index (χ2n) is 11.1. The van der Waals surface area contributed by atoms with Crippen LogP contribution in [0.3, 0.4) is 0 Å². The van der Waals surface area contributed by atoms with Gasteiger partial charge in [-0.3, -0.25) is 9.59 Å². The number of carbonyl (C=O) groups excluding carboxylic acids is 2. The molecule has 0 amide bonds. The van der Waals surface area contributed by atoms with Gasteiger partial charge in [-0.15, -0.1) is 0 Å². The van der Waals surface area contributed by atoms with Crippen molar-refractivity contribution in [3.63, 3.8) is 0 Å². The lowest BCUT2D eigenvalue weighted by molar-refractivity contribution is -0.420. The van der Waals surface area contributed by atoms with Crippen LogP contribution in [0.5, 0.6) is 0 Å². The molecule has 1 heterocycles. The molecule has 8 heteroatoms. The van der Waals surface area contributed by atoms with Crippen LogP contribution in [0.15, 0.2) is 23.8 Å². The molecular formula is C25H32F2O6. The molecule has 1 spiro atoms. The summed E-state index contributed by atoms with van der Waals surface area (Å²) in [6, 6.07) is 0. The molecule has 4 aliphatic carbocycles. The van der Waals surface area contributed by atoms with E-state index in [0.717, 1.165) is 0 Å². The van der Waals surface area contributed by atoms with Crippen molar-refractivity contribution in [2.45, 2.75) is 76.5 Å². The minimum absolute atomic E-state index is 0.0395. The molecule has 0 bridgehead atoms. The number of rotatable bonds is 1. The van der Waals surface area contributed by atoms with E-state index in [9.17, 15) is 14.7 Å². The number of ether oxygens (including phenoxy) is 3. The first kappa shape index (κ1) is 23.3. The molecule has 10 atom stereocenters. The molecule has 1 aliphatic heterocycles. The van der Waals surface area contributed by atoms with Crippen molar-refractivity contribution in [1.29, 1.82) is 0 Å². The molecule has 182 valence electrons. The first-order valence-electron chi connectivity index (χ1n) is 11.7. The third kappa shape index (κ3) is 2.56. The van der Waals surface area contributed by atoms with Gasteiger partial charge in [0.2, 0.25) is 0 Å². The lowest BCUT2D eigenvalue weighted by atomic mass is 9.44. The molecular weight excluding hydrogens is 434 g/mol. The summed E-state index contributed by atoms with van der Waals surface area (Å²) in [6.45, 7) is 6.67. The maximum Gasteiger partial charge on any atom is 0.281 e. The van der Waals surface area contributed by atoms with Crippen molar-refractivity contribution in [2.75, 3.05) is 13.7 Å². The highest BCUT2D eigenvalue weighted by molar-refractivity contribution is 6.01. The molecule has 5 aliphatic rings. The Balaban J connectivity index is 1.65. The fourth-order valence-corrected chi connectivity index (χ4v) is 8.12. The number of Topliss-reactive ketones (excluding diaryl/α,β-unsaturated/α-hetero) is 1. The van der Waals surface area contributed by atoms with Crippen LogP contribution in [0.4, 0.5) is 8.78 Å². The van der Waals surface area contributed by atoms with Crippen molar-refractivity contribution in [3.8, 4) is 0 Å². The second-order valence-corrected chi connectivity index (χ2v) is 11.1. The van der Waals surface area contributed by atoms with Gasteiger partial charge in [-0.1, -0.05) is 19.9 Å². The van der Waals surface area contributed by atoms with E-state index in [2.05, 4.69) is 0 Å². The maximum absolute atomic E-state index is 17.2. The number of aliphatic hydroxyl groups is 1. The summed E-state index contributed by atoms with van der Waals surface area (Å²) in [6.07, 6.45) is 1.09. The van der Waals surface area contributed by atoms with Crippen LogP contribution in [-0.2, 0) is 23.8 Å². The van der Waals surface area contributed by atoms with Gasteiger partial charge < -0.3 is 19.3 Å². The van der Waals surface area contributed by atoms with Crippen molar-refractivity contribution in [1.82, 2.24) is 0 Å². The van der Waals surface area contributed by atoms with E-state index in [0.29, 0.717) is 6.42 Å². The number of halogens is 2. The predicted molar refractivity (Wildman–Crippen MR) is 113 cm³/mol. The average molecular weight is 467 g/mol. The summed E-state index contributed by atoms with van der Waals surface area (Å²) in [5.41, 5.74) is -5.87. The number of hydrogen-bond donors (Lipinski definition) is 1. The molecule has 5 rings (SSSR count). The molecule has 6 nitrogen and oxygen atoms in total. The van der Waals surface area contributed by atoms with E-state index in [4.69, 9.17) is 14.2 Å². The Morgan fingerprint density at radius 3 is 2.55 bits per heavy atom. The number of methoxy groups -OCH3 is 1. The Labute approximate surface area is 192 Å². The largest absolute Gasteiger partial charge is 0.390 e. The molecule has 4 fully saturated rings. The van der Waals surface area contributed by atoms with Crippen molar-refractivity contribution in [2.24, 2.45) is 28.6 Å². The summed E-state index contributed by atoms with van der Waals surface area (Å²) in [7, 11) is 1.42. The van der Waals surface area contributed by atoms with Crippen LogP contribution >= 0.6 is 0 Å². The predicted octanol–water partition coefficient (Wildman–Crippen LogP) is 3.23. The normalized spacial score (nSPS) is 55.8. The Kier molecular flexibility index (Phi) is 4.80. The van der Waals surface area contributed by atoms with Crippen LogP contribution in [0.1, 0.15) is 47.0 Å². The van der Waals surface area contributed by atoms with Gasteiger partial charge in [0.25, 0.3) is 5.97 Å². The highest BCUT2D eigenvalue weighted by Gasteiger charge is 2.78. The molecule has 33 heavy (non-hydrogen) atoms. The Hall–Kier alpha value is -1.48. The average Bonchev–Trinajstić information content (AvgIpc) is 2.96. The van der Waals surface area contributed by atoms with Crippen molar-refractivity contribution >= 4 is 11.6 Å². The zero-order valence-corrected chi connectivity index (χ0v) is 19.7. The molecule has 1 unspecified atom stereocenters. The number of carbonyl (C=O) groups is 2. The van der Waals surface area contributed by atoms with Crippen LogP contribution in [0.2, 0.25) is 0 Å². The lowest BCUT2D eigenvalue weighted by Gasteiger charge is -2.64. The summed E-state index contributed by atoms with van der Waals surface area (Å²) >= 11 is 0. The highest BCUT2D eigenvalue weighted by atomic mass is 19.1. The number of allylic oxidation sites excluding steroid dienone is 4. The van der Waals surface area contributed by atoms with Crippen LogP contribution in [0.25, 0.3) is 0 Å². The summed E-state index contributed by atoms with van der Waals surface area (Å²) in [5, 5.41) is 11.4. The van der Waals surface area contributed by atoms with E-state index in [1.165, 1.54) is 25.3 Å². The smallest absolute Gasteiger partial charge is 0.281 e. The van der Waals surface area contributed by atoms with Crippen LogP contribution in [0, 0.1) is 28.6 Å². The maximum atomic E-state index is 17.2. The fourth-order valence-electron chi connectivity index (χ4n) is 8.12. The number of ketones is 2. The Morgan fingerprint density at radius 2 is 1.88 bits per heavy atom. The lowest BCUT2D eigenvalue weighted by Crippen LogP contribution is -2.72. The van der Waals surface area contributed by atoms with Gasteiger partial charge in [0.15, 0.2) is 17.2 Å². The minimum atomic E-state index is -2.19. The van der Waals surface area contributed by atoms with Gasteiger partial charge in [-0.2, -0.15) is 0 Å². The van der Waals surface area contributed by atoms with E-state index in [1.54, 1.807) is 13.8 Å². The minimum Gasteiger partial charge on any atom is -0.390 e. The number of fused-ring (bicyclic) bond motifs is 6. The van der Waals surface area contributed by atoms with Crippen LogP contribution in [-0.4, -0.2) is 59.9 Å². The summed E-state index contributed by atoms with van der Waals surface area (Å²) in [5.74, 6) is -3.72. The van der Waals surface area contributed by atoms with Gasteiger partial charge in [-0.25, -0.2) is 8.78 Å². The molecule has 0 aromatic rings. The number of hydrogen-bond acceptors (Lipinski definition) is 6. The summed E-state index contributed by atoms with van der Waals surface area (Å²) in [4.78, 5) is 25.4. The van der Waals surface area contributed by atoms with Gasteiger partial charge >= 0.3 is 0 Å². The highest BCUT2D eigenvalue weighted by Crippen LogP contribution is 2.72. The van der Waals surface area contributed by atoms with Crippen molar-refractivity contribution < 1.29 is 37.7 Å². The van der Waals surface area contributed by atoms with E-state index in [-0.39, 0.29) is 42.5 Å². The SMILES string of the molecule is COC1(C)OCC(=O)[C@@]2(O1)[C@@H](C)C[C@H]1[C@@H]3C[C@H](F)C4=CC(=O)C=C[C@]4(C)[C@@]3(F)[C@@H](O)C[C@@]12C. The zero-order valence-electron chi connectivity index (χ0n) is 19.7. The van der Waals surface area contributed by atoms with Gasteiger partial charge in [0, 0.05) is 30.8 Å². The Bertz CT molecular complexity index is 980. The molecule has 3 saturated carbocycles. The quantitative estimate of drug-likeness (QED) is 0.639. The third-order valence-corrected chi connectivity index (χ3v) is 9.77. The first-order valence-corrected chi connectivity index (χ1v) is 11.7. The van der Waals surface area contributed by atoms with E-state index in [1.807, 2.05) is 13.8 Å². The zero-order chi connectivity index (χ0) is 24.2. The van der Waals surface area contributed by atoms with Gasteiger partial charge in [0.05, 0.1) is 6.10 Å². The molecule has 0 aromatic heterocycles. The molecule has 1 N–H and O–H groups in total. The molecule has 0 aromatic carbocycles. The fraction of sp³-hybridized carbons (Fsp3) is 0.760.